The van der Waals surface area contributed by atoms with Crippen molar-refractivity contribution in [2.24, 2.45) is 0 Å². The van der Waals surface area contributed by atoms with Gasteiger partial charge >= 0.3 is 12.3 Å². The van der Waals surface area contributed by atoms with Crippen molar-refractivity contribution >= 4 is 6.09 Å². The van der Waals surface area contributed by atoms with Crippen molar-refractivity contribution in [1.29, 1.82) is 0 Å². The van der Waals surface area contributed by atoms with E-state index < -0.39 is 28.8 Å². The number of aromatic nitrogens is 3. The highest BCUT2D eigenvalue weighted by Crippen LogP contribution is 2.42. The van der Waals surface area contributed by atoms with E-state index in [2.05, 4.69) is 20.4 Å². The summed E-state index contributed by atoms with van der Waals surface area (Å²) in [5.41, 5.74) is -2.05. The summed E-state index contributed by atoms with van der Waals surface area (Å²) in [4.78, 5) is 20.1. The van der Waals surface area contributed by atoms with Crippen LogP contribution in [0.15, 0.2) is 22.9 Å². The van der Waals surface area contributed by atoms with Crippen LogP contribution in [0.4, 0.5) is 18.0 Å². The first kappa shape index (κ1) is 20.1. The number of alkyl carbamates (subject to hydrolysis) is 1. The van der Waals surface area contributed by atoms with Crippen LogP contribution in [0.1, 0.15) is 51.4 Å². The number of carbonyl (C=O) groups excluding carboxylic acids is 1. The number of rotatable bonds is 4. The quantitative estimate of drug-likeness (QED) is 0.834. The van der Waals surface area contributed by atoms with Crippen molar-refractivity contribution in [1.82, 2.24) is 20.4 Å². The second kappa shape index (κ2) is 7.06. The third kappa shape index (κ3) is 4.42. The Labute approximate surface area is 159 Å². The van der Waals surface area contributed by atoms with Crippen molar-refractivity contribution in [2.45, 2.75) is 57.2 Å². The molecule has 3 rings (SSSR count). The van der Waals surface area contributed by atoms with Gasteiger partial charge in [-0.2, -0.15) is 18.2 Å². The van der Waals surface area contributed by atoms with Crippen molar-refractivity contribution in [3.63, 3.8) is 0 Å². The second-order valence-corrected chi connectivity index (χ2v) is 7.84. The van der Waals surface area contributed by atoms with Gasteiger partial charge < -0.3 is 14.6 Å². The van der Waals surface area contributed by atoms with Crippen LogP contribution in [-0.4, -0.2) is 33.4 Å². The highest BCUT2D eigenvalue weighted by molar-refractivity contribution is 5.67. The molecule has 7 nitrogen and oxygen atoms in total. The highest BCUT2D eigenvalue weighted by atomic mass is 19.4. The number of nitrogens with zero attached hydrogens (tertiary/aromatic N) is 3. The first-order valence-corrected chi connectivity index (χ1v) is 8.83. The molecule has 152 valence electrons. The van der Waals surface area contributed by atoms with Crippen molar-refractivity contribution in [2.75, 3.05) is 6.54 Å². The van der Waals surface area contributed by atoms with Crippen LogP contribution in [-0.2, 0) is 16.3 Å². The molecule has 1 N–H and O–H groups in total. The lowest BCUT2D eigenvalue weighted by Crippen LogP contribution is -2.47. The van der Waals surface area contributed by atoms with Crippen LogP contribution in [0.5, 0.6) is 0 Å². The number of alkyl halides is 3. The van der Waals surface area contributed by atoms with E-state index in [1.807, 2.05) is 0 Å². The molecule has 1 amide bonds. The molecule has 28 heavy (non-hydrogen) atoms. The van der Waals surface area contributed by atoms with Gasteiger partial charge in [0.05, 0.1) is 11.0 Å². The van der Waals surface area contributed by atoms with Crippen molar-refractivity contribution < 1.29 is 27.2 Å². The third-order valence-electron chi connectivity index (χ3n) is 4.49. The maximum Gasteiger partial charge on any atom is 0.416 e. The lowest BCUT2D eigenvalue weighted by molar-refractivity contribution is -0.137. The average Bonchev–Trinajstić information content (AvgIpc) is 3.02. The summed E-state index contributed by atoms with van der Waals surface area (Å²) in [5.74, 6) is 0.244. The van der Waals surface area contributed by atoms with E-state index >= 15 is 0 Å². The van der Waals surface area contributed by atoms with Gasteiger partial charge in [0.15, 0.2) is 5.82 Å². The predicted molar refractivity (Wildman–Crippen MR) is 92.3 cm³/mol. The predicted octanol–water partition coefficient (Wildman–Crippen LogP) is 4.10. The van der Waals surface area contributed by atoms with Gasteiger partial charge in [0, 0.05) is 12.7 Å². The molecule has 0 radical (unpaired) electrons. The van der Waals surface area contributed by atoms with Gasteiger partial charge in [-0.15, -0.1) is 0 Å². The Morgan fingerprint density at radius 2 is 2.04 bits per heavy atom. The minimum Gasteiger partial charge on any atom is -0.444 e. The summed E-state index contributed by atoms with van der Waals surface area (Å²) >= 11 is 0. The zero-order valence-electron chi connectivity index (χ0n) is 15.8. The molecule has 1 saturated carbocycles. The number of hydrogen-bond donors (Lipinski definition) is 1. The molecule has 0 spiro atoms. The summed E-state index contributed by atoms with van der Waals surface area (Å²) in [6.45, 7) is 5.54. The Hall–Kier alpha value is -2.65. The molecule has 0 saturated heterocycles. The standard InChI is InChI=1S/C18H21F3N4O3/c1-16(2,3)27-15(26)23-10-17(6-4-7-17)14-24-13(28-25-14)12-9-11(5-8-22-12)18(19,20)21/h5,8-9H,4,6-7,10H2,1-3H3,(H,23,26). The number of halogens is 3. The molecule has 1 fully saturated rings. The number of hydrogen-bond acceptors (Lipinski definition) is 6. The number of carbonyl (C=O) groups is 1. The van der Waals surface area contributed by atoms with Crippen LogP contribution < -0.4 is 5.32 Å². The number of amides is 1. The molecule has 0 bridgehead atoms. The molecule has 10 heteroatoms. The molecule has 0 atom stereocenters. The molecule has 0 aromatic carbocycles. The molecule has 1 aliphatic rings. The van der Waals surface area contributed by atoms with E-state index in [-0.39, 0.29) is 18.1 Å². The van der Waals surface area contributed by atoms with Crippen LogP contribution in [0.25, 0.3) is 11.6 Å². The van der Waals surface area contributed by atoms with Crippen LogP contribution in [0.2, 0.25) is 0 Å². The lowest BCUT2D eigenvalue weighted by atomic mass is 9.68. The zero-order chi connectivity index (χ0) is 20.6. The Morgan fingerprint density at radius 3 is 2.61 bits per heavy atom. The first-order valence-electron chi connectivity index (χ1n) is 8.83. The lowest BCUT2D eigenvalue weighted by Gasteiger charge is -2.39. The number of nitrogens with one attached hydrogen (secondary N) is 1. The van der Waals surface area contributed by atoms with Gasteiger partial charge in [0.25, 0.3) is 5.89 Å². The maximum absolute atomic E-state index is 12.9. The smallest absolute Gasteiger partial charge is 0.416 e. The summed E-state index contributed by atoms with van der Waals surface area (Å²) in [6, 6.07) is 1.74. The minimum absolute atomic E-state index is 0.0526. The Kier molecular flexibility index (Phi) is 5.07. The van der Waals surface area contributed by atoms with Crippen molar-refractivity contribution in [3.8, 4) is 11.6 Å². The van der Waals surface area contributed by atoms with Crippen molar-refractivity contribution in [3.05, 3.63) is 29.7 Å². The summed E-state index contributed by atoms with van der Waals surface area (Å²) < 4.78 is 49.0. The van der Waals surface area contributed by atoms with Gasteiger partial charge in [-0.1, -0.05) is 11.6 Å². The van der Waals surface area contributed by atoms with Crippen LogP contribution in [0.3, 0.4) is 0 Å². The van der Waals surface area contributed by atoms with Gasteiger partial charge in [0.1, 0.15) is 11.3 Å². The van der Waals surface area contributed by atoms with Gasteiger partial charge in [-0.25, -0.2) is 4.79 Å². The molecule has 0 aliphatic heterocycles. The van der Waals surface area contributed by atoms with Gasteiger partial charge in [0.2, 0.25) is 0 Å². The van der Waals surface area contributed by atoms with E-state index in [4.69, 9.17) is 9.26 Å². The highest BCUT2D eigenvalue weighted by Gasteiger charge is 2.43. The molecule has 2 aromatic heterocycles. The SMILES string of the molecule is CC(C)(C)OC(=O)NCC1(c2noc(-c3cc(C(F)(F)F)ccn3)n2)CCC1. The Morgan fingerprint density at radius 1 is 1.32 bits per heavy atom. The minimum atomic E-state index is -4.49. The largest absolute Gasteiger partial charge is 0.444 e. The topological polar surface area (TPSA) is 90.1 Å². The summed E-state index contributed by atoms with van der Waals surface area (Å²) in [7, 11) is 0. The van der Waals surface area contributed by atoms with Gasteiger partial charge in [-0.05, 0) is 45.7 Å². The van der Waals surface area contributed by atoms with Gasteiger partial charge in [-0.3, -0.25) is 4.98 Å². The molecular weight excluding hydrogens is 377 g/mol. The number of ether oxygens (including phenoxy) is 1. The number of pyridine rings is 1. The van der Waals surface area contributed by atoms with E-state index in [0.29, 0.717) is 5.82 Å². The Balaban J connectivity index is 1.76. The maximum atomic E-state index is 12.9. The van der Waals surface area contributed by atoms with E-state index in [1.54, 1.807) is 20.8 Å². The molecule has 2 heterocycles. The monoisotopic (exact) mass is 398 g/mol. The van der Waals surface area contributed by atoms with E-state index in [0.717, 1.165) is 37.6 Å². The average molecular weight is 398 g/mol. The third-order valence-corrected chi connectivity index (χ3v) is 4.49. The van der Waals surface area contributed by atoms with E-state index in [9.17, 15) is 18.0 Å². The van der Waals surface area contributed by atoms with Crippen LogP contribution >= 0.6 is 0 Å². The fraction of sp³-hybridized carbons (Fsp3) is 0.556. The van der Waals surface area contributed by atoms with E-state index in [1.165, 1.54) is 0 Å². The Bertz CT molecular complexity index is 854. The molecule has 2 aromatic rings. The molecule has 0 unspecified atom stereocenters. The normalized spacial score (nSPS) is 16.4. The first-order chi connectivity index (χ1) is 13.0. The summed E-state index contributed by atoms with van der Waals surface area (Å²) in [6.07, 6.45) is -1.64. The zero-order valence-corrected chi connectivity index (χ0v) is 15.8. The molecular formula is C18H21F3N4O3. The fourth-order valence-electron chi connectivity index (χ4n) is 2.91. The fourth-order valence-corrected chi connectivity index (χ4v) is 2.91. The second-order valence-electron chi connectivity index (χ2n) is 7.84. The summed E-state index contributed by atoms with van der Waals surface area (Å²) in [5, 5.41) is 6.64. The molecule has 1 aliphatic carbocycles. The van der Waals surface area contributed by atoms with Crippen LogP contribution in [0, 0.1) is 0 Å².